The van der Waals surface area contributed by atoms with Gasteiger partial charge in [-0.3, -0.25) is 4.79 Å². The summed E-state index contributed by atoms with van der Waals surface area (Å²) in [5.74, 6) is 1.04. The van der Waals surface area contributed by atoms with Crippen LogP contribution < -0.4 is 15.4 Å². The van der Waals surface area contributed by atoms with E-state index in [-0.39, 0.29) is 17.7 Å². The quantitative estimate of drug-likeness (QED) is 0.463. The highest BCUT2D eigenvalue weighted by Crippen LogP contribution is 2.25. The third kappa shape index (κ3) is 6.50. The van der Waals surface area contributed by atoms with Crippen molar-refractivity contribution in [3.05, 3.63) is 48.5 Å². The summed E-state index contributed by atoms with van der Waals surface area (Å²) < 4.78 is 10.8. The number of carbonyl (C=O) groups is 2. The van der Waals surface area contributed by atoms with Crippen molar-refractivity contribution in [2.24, 2.45) is 0 Å². The number of carbonyl (C=O) groups excluding carboxylic acids is 2. The molecular weight excluding hydrogens is 454 g/mol. The molecule has 178 valence electrons. The number of ether oxygens (including phenoxy) is 1. The van der Waals surface area contributed by atoms with Gasteiger partial charge in [0.1, 0.15) is 5.75 Å². The van der Waals surface area contributed by atoms with Crippen LogP contribution in [0.1, 0.15) is 25.7 Å². The first-order chi connectivity index (χ1) is 16.6. The molecule has 1 aliphatic heterocycles. The summed E-state index contributed by atoms with van der Waals surface area (Å²) in [6.45, 7) is 1.58. The SMILES string of the molecule is COc1ccc(-c2nnc(SCC(=O)Nc3ccc(NC(=O)N4CCCCCC4)cc3)o2)cc1. The number of hydrogen-bond acceptors (Lipinski definition) is 7. The smallest absolute Gasteiger partial charge is 0.321 e. The van der Waals surface area contributed by atoms with E-state index in [0.29, 0.717) is 22.5 Å². The van der Waals surface area contributed by atoms with Gasteiger partial charge in [0.25, 0.3) is 5.22 Å². The van der Waals surface area contributed by atoms with Crippen LogP contribution in [0.5, 0.6) is 5.75 Å². The lowest BCUT2D eigenvalue weighted by Crippen LogP contribution is -2.35. The number of rotatable bonds is 7. The topological polar surface area (TPSA) is 110 Å². The third-order valence-corrected chi connectivity index (χ3v) is 6.20. The summed E-state index contributed by atoms with van der Waals surface area (Å²) in [6, 6.07) is 14.3. The highest BCUT2D eigenvalue weighted by atomic mass is 32.2. The first-order valence-electron chi connectivity index (χ1n) is 11.2. The molecule has 1 aliphatic rings. The van der Waals surface area contributed by atoms with E-state index in [4.69, 9.17) is 9.15 Å². The zero-order chi connectivity index (χ0) is 23.8. The zero-order valence-electron chi connectivity index (χ0n) is 19.0. The normalized spacial score (nSPS) is 13.7. The average molecular weight is 482 g/mol. The molecule has 0 spiro atoms. The molecule has 4 rings (SSSR count). The Morgan fingerprint density at radius 1 is 0.941 bits per heavy atom. The van der Waals surface area contributed by atoms with Crippen LogP contribution in [0.3, 0.4) is 0 Å². The fourth-order valence-corrected chi connectivity index (χ4v) is 4.12. The van der Waals surface area contributed by atoms with Gasteiger partial charge in [-0.05, 0) is 61.4 Å². The number of nitrogens with one attached hydrogen (secondary N) is 2. The molecule has 1 saturated heterocycles. The van der Waals surface area contributed by atoms with Crippen LogP contribution in [0.2, 0.25) is 0 Å². The summed E-state index contributed by atoms with van der Waals surface area (Å²) in [4.78, 5) is 26.6. The predicted octanol–water partition coefficient (Wildman–Crippen LogP) is 4.88. The Kier molecular flexibility index (Phi) is 8.03. The van der Waals surface area contributed by atoms with Crippen molar-refractivity contribution >= 4 is 35.1 Å². The Morgan fingerprint density at radius 2 is 1.59 bits per heavy atom. The van der Waals surface area contributed by atoms with E-state index in [2.05, 4.69) is 20.8 Å². The van der Waals surface area contributed by atoms with E-state index < -0.39 is 0 Å². The zero-order valence-corrected chi connectivity index (χ0v) is 19.8. The minimum atomic E-state index is -0.199. The van der Waals surface area contributed by atoms with Gasteiger partial charge < -0.3 is 24.7 Å². The minimum absolute atomic E-state index is 0.0800. The number of benzene rings is 2. The number of anilines is 2. The van der Waals surface area contributed by atoms with E-state index in [1.165, 1.54) is 12.8 Å². The molecule has 0 aliphatic carbocycles. The lowest BCUT2D eigenvalue weighted by atomic mass is 10.2. The molecule has 1 aromatic heterocycles. The Hall–Kier alpha value is -3.53. The van der Waals surface area contributed by atoms with Crippen LogP contribution in [0.4, 0.5) is 16.2 Å². The number of likely N-dealkylation sites (tertiary alicyclic amines) is 1. The van der Waals surface area contributed by atoms with Gasteiger partial charge in [-0.25, -0.2) is 4.79 Å². The first-order valence-corrected chi connectivity index (χ1v) is 12.2. The molecule has 34 heavy (non-hydrogen) atoms. The number of thioether (sulfide) groups is 1. The van der Waals surface area contributed by atoms with Crippen molar-refractivity contribution in [3.63, 3.8) is 0 Å². The van der Waals surface area contributed by atoms with Crippen molar-refractivity contribution in [2.45, 2.75) is 30.9 Å². The van der Waals surface area contributed by atoms with Crippen LogP contribution in [0.15, 0.2) is 58.2 Å². The van der Waals surface area contributed by atoms with E-state index in [9.17, 15) is 9.59 Å². The maximum atomic E-state index is 12.4. The average Bonchev–Trinajstić information content (AvgIpc) is 3.16. The van der Waals surface area contributed by atoms with E-state index in [1.54, 1.807) is 31.4 Å². The highest BCUT2D eigenvalue weighted by Gasteiger charge is 2.16. The summed E-state index contributed by atoms with van der Waals surface area (Å²) in [5, 5.41) is 14.1. The van der Waals surface area contributed by atoms with Crippen LogP contribution in [0.25, 0.3) is 11.5 Å². The molecule has 3 amide bonds. The van der Waals surface area contributed by atoms with Crippen molar-refractivity contribution in [2.75, 3.05) is 36.6 Å². The molecule has 2 N–H and O–H groups in total. The molecular formula is C24H27N5O4S. The van der Waals surface area contributed by atoms with Gasteiger partial charge in [0.05, 0.1) is 12.9 Å². The number of urea groups is 1. The second kappa shape index (κ2) is 11.6. The Balaban J connectivity index is 1.24. The number of hydrogen-bond donors (Lipinski definition) is 2. The summed E-state index contributed by atoms with van der Waals surface area (Å²) in [7, 11) is 1.60. The second-order valence-electron chi connectivity index (χ2n) is 7.85. The molecule has 0 atom stereocenters. The minimum Gasteiger partial charge on any atom is -0.497 e. The molecule has 2 aromatic carbocycles. The summed E-state index contributed by atoms with van der Waals surface area (Å²) in [6.07, 6.45) is 4.44. The molecule has 0 saturated carbocycles. The summed E-state index contributed by atoms with van der Waals surface area (Å²) >= 11 is 1.16. The fourth-order valence-electron chi connectivity index (χ4n) is 3.56. The molecule has 1 fully saturated rings. The maximum Gasteiger partial charge on any atom is 0.321 e. The van der Waals surface area contributed by atoms with Crippen LogP contribution in [0, 0.1) is 0 Å². The van der Waals surface area contributed by atoms with Crippen LogP contribution in [-0.2, 0) is 4.79 Å². The van der Waals surface area contributed by atoms with Crippen molar-refractivity contribution < 1.29 is 18.7 Å². The van der Waals surface area contributed by atoms with E-state index in [0.717, 1.165) is 49.0 Å². The van der Waals surface area contributed by atoms with E-state index >= 15 is 0 Å². The van der Waals surface area contributed by atoms with Gasteiger partial charge in [0, 0.05) is 30.0 Å². The van der Waals surface area contributed by atoms with Crippen LogP contribution in [-0.4, -0.2) is 53.0 Å². The molecule has 0 unspecified atom stereocenters. The lowest BCUT2D eigenvalue weighted by molar-refractivity contribution is -0.113. The van der Waals surface area contributed by atoms with Gasteiger partial charge in [-0.1, -0.05) is 24.6 Å². The fraction of sp³-hybridized carbons (Fsp3) is 0.333. The number of aromatic nitrogens is 2. The molecule has 3 aromatic rings. The third-order valence-electron chi connectivity index (χ3n) is 5.38. The van der Waals surface area contributed by atoms with Crippen molar-refractivity contribution in [1.29, 1.82) is 0 Å². The maximum absolute atomic E-state index is 12.4. The molecule has 9 nitrogen and oxygen atoms in total. The van der Waals surface area contributed by atoms with E-state index in [1.807, 2.05) is 29.2 Å². The van der Waals surface area contributed by atoms with Gasteiger partial charge in [-0.2, -0.15) is 0 Å². The van der Waals surface area contributed by atoms with Crippen molar-refractivity contribution in [3.8, 4) is 17.2 Å². The van der Waals surface area contributed by atoms with Gasteiger partial charge in [0.15, 0.2) is 0 Å². The second-order valence-corrected chi connectivity index (χ2v) is 8.77. The predicted molar refractivity (Wildman–Crippen MR) is 131 cm³/mol. The van der Waals surface area contributed by atoms with Gasteiger partial charge in [0.2, 0.25) is 11.8 Å². The number of amides is 3. The summed E-state index contributed by atoms with van der Waals surface area (Å²) in [5.41, 5.74) is 2.11. The highest BCUT2D eigenvalue weighted by molar-refractivity contribution is 7.99. The first kappa shape index (κ1) is 23.6. The largest absolute Gasteiger partial charge is 0.497 e. The molecule has 0 bridgehead atoms. The Bertz CT molecular complexity index is 1090. The van der Waals surface area contributed by atoms with Crippen molar-refractivity contribution in [1.82, 2.24) is 15.1 Å². The van der Waals surface area contributed by atoms with Gasteiger partial charge >= 0.3 is 6.03 Å². The van der Waals surface area contributed by atoms with Crippen LogP contribution >= 0.6 is 11.8 Å². The van der Waals surface area contributed by atoms with Gasteiger partial charge in [-0.15, -0.1) is 10.2 Å². The lowest BCUT2D eigenvalue weighted by Gasteiger charge is -2.20. The number of nitrogens with zero attached hydrogens (tertiary/aromatic N) is 3. The molecule has 2 heterocycles. The standard InChI is InChI=1S/C24H27N5O4S/c1-32-20-12-6-17(7-13-20)22-27-28-24(33-22)34-16-21(30)25-18-8-10-19(11-9-18)26-23(31)29-14-4-2-3-5-15-29/h6-13H,2-5,14-16H2,1H3,(H,25,30)(H,26,31). The number of methoxy groups -OCH3 is 1. The molecule has 10 heteroatoms. The Labute approximate surface area is 202 Å². The monoisotopic (exact) mass is 481 g/mol. The molecule has 0 radical (unpaired) electrons. The Morgan fingerprint density at radius 3 is 2.24 bits per heavy atom.